The van der Waals surface area contributed by atoms with E-state index in [-0.39, 0.29) is 22.7 Å². The monoisotopic (exact) mass is 349 g/mol. The standard InChI is InChI=1S/C17H14F3N3O2/c1-11(24)22-15-9-5-3-7-13(15)16(25)23-21-10-12-6-2-4-8-14(12)17(18,19)20/h2-10H,1H3,(H,22,24)(H,23,25)/b21-10+. The molecule has 2 rings (SSSR count). The summed E-state index contributed by atoms with van der Waals surface area (Å²) in [7, 11) is 0. The van der Waals surface area contributed by atoms with Gasteiger partial charge in [0.05, 0.1) is 23.0 Å². The average Bonchev–Trinajstić information content (AvgIpc) is 2.54. The number of halogens is 3. The lowest BCUT2D eigenvalue weighted by Crippen LogP contribution is -2.20. The van der Waals surface area contributed by atoms with Gasteiger partial charge in [-0.25, -0.2) is 5.43 Å². The van der Waals surface area contributed by atoms with Gasteiger partial charge in [0.15, 0.2) is 0 Å². The number of hydrazone groups is 1. The fourth-order valence-electron chi connectivity index (χ4n) is 2.07. The Balaban J connectivity index is 2.16. The highest BCUT2D eigenvalue weighted by atomic mass is 19.4. The predicted molar refractivity (Wildman–Crippen MR) is 87.2 cm³/mol. The summed E-state index contributed by atoms with van der Waals surface area (Å²) < 4.78 is 38.7. The SMILES string of the molecule is CC(=O)Nc1ccccc1C(=O)N/N=C/c1ccccc1C(F)(F)F. The van der Waals surface area contributed by atoms with Crippen molar-refractivity contribution in [2.75, 3.05) is 5.32 Å². The van der Waals surface area contributed by atoms with E-state index in [1.54, 1.807) is 12.1 Å². The van der Waals surface area contributed by atoms with E-state index in [0.717, 1.165) is 12.3 Å². The summed E-state index contributed by atoms with van der Waals surface area (Å²) in [5.41, 5.74) is 1.54. The zero-order chi connectivity index (χ0) is 18.4. The summed E-state index contributed by atoms with van der Waals surface area (Å²) in [5.74, 6) is -1.02. The molecule has 2 aromatic rings. The lowest BCUT2D eigenvalue weighted by Gasteiger charge is -2.10. The molecule has 0 fully saturated rings. The van der Waals surface area contributed by atoms with E-state index in [9.17, 15) is 22.8 Å². The van der Waals surface area contributed by atoms with Crippen LogP contribution in [0, 0.1) is 0 Å². The van der Waals surface area contributed by atoms with Gasteiger partial charge in [0.2, 0.25) is 5.91 Å². The third-order valence-electron chi connectivity index (χ3n) is 3.12. The molecule has 0 radical (unpaired) electrons. The first-order chi connectivity index (χ1) is 11.8. The number of anilines is 1. The Hall–Kier alpha value is -3.16. The fraction of sp³-hybridized carbons (Fsp3) is 0.118. The number of nitrogens with one attached hydrogen (secondary N) is 2. The summed E-state index contributed by atoms with van der Waals surface area (Å²) in [6.45, 7) is 1.29. The van der Waals surface area contributed by atoms with Crippen LogP contribution in [-0.2, 0) is 11.0 Å². The van der Waals surface area contributed by atoms with E-state index >= 15 is 0 Å². The Morgan fingerprint density at radius 1 is 1.04 bits per heavy atom. The highest BCUT2D eigenvalue weighted by Gasteiger charge is 2.32. The maximum atomic E-state index is 12.9. The van der Waals surface area contributed by atoms with E-state index in [1.807, 2.05) is 0 Å². The minimum absolute atomic E-state index is 0.138. The molecule has 0 atom stereocenters. The highest BCUT2D eigenvalue weighted by Crippen LogP contribution is 2.31. The molecule has 8 heteroatoms. The van der Waals surface area contributed by atoms with Crippen molar-refractivity contribution in [2.45, 2.75) is 13.1 Å². The van der Waals surface area contributed by atoms with Gasteiger partial charge in [-0.15, -0.1) is 0 Å². The molecule has 0 aromatic heterocycles. The Kier molecular flexibility index (Phi) is 5.53. The van der Waals surface area contributed by atoms with Gasteiger partial charge in [-0.2, -0.15) is 18.3 Å². The van der Waals surface area contributed by atoms with E-state index in [2.05, 4.69) is 15.8 Å². The van der Waals surface area contributed by atoms with E-state index in [4.69, 9.17) is 0 Å². The number of hydrogen-bond acceptors (Lipinski definition) is 3. The number of hydrogen-bond donors (Lipinski definition) is 2. The van der Waals surface area contributed by atoms with Gasteiger partial charge in [0, 0.05) is 12.5 Å². The van der Waals surface area contributed by atoms with Crippen molar-refractivity contribution in [3.05, 3.63) is 65.2 Å². The van der Waals surface area contributed by atoms with Crippen LogP contribution in [0.25, 0.3) is 0 Å². The van der Waals surface area contributed by atoms with Gasteiger partial charge >= 0.3 is 6.18 Å². The Morgan fingerprint density at radius 2 is 1.68 bits per heavy atom. The number of alkyl halides is 3. The molecule has 2 N–H and O–H groups in total. The number of carbonyl (C=O) groups excluding carboxylic acids is 2. The molecule has 5 nitrogen and oxygen atoms in total. The van der Waals surface area contributed by atoms with Crippen LogP contribution in [0.1, 0.15) is 28.4 Å². The molecule has 0 aliphatic carbocycles. The third-order valence-corrected chi connectivity index (χ3v) is 3.12. The molecule has 0 aliphatic rings. The molecule has 2 amide bonds. The topological polar surface area (TPSA) is 70.6 Å². The van der Waals surface area contributed by atoms with Crippen LogP contribution in [0.2, 0.25) is 0 Å². The number of para-hydroxylation sites is 1. The van der Waals surface area contributed by atoms with Gasteiger partial charge < -0.3 is 5.32 Å². The van der Waals surface area contributed by atoms with E-state index in [0.29, 0.717) is 0 Å². The summed E-state index contributed by atoms with van der Waals surface area (Å²) in [5, 5.41) is 6.07. The molecule has 0 saturated carbocycles. The summed E-state index contributed by atoms with van der Waals surface area (Å²) in [6.07, 6.45) is -3.60. The number of nitrogens with zero attached hydrogens (tertiary/aromatic N) is 1. The van der Waals surface area contributed by atoms with Gasteiger partial charge in [0.25, 0.3) is 5.91 Å². The van der Waals surface area contributed by atoms with Crippen molar-refractivity contribution in [3.8, 4) is 0 Å². The van der Waals surface area contributed by atoms with Crippen LogP contribution < -0.4 is 10.7 Å². The third kappa shape index (κ3) is 4.90. The molecular weight excluding hydrogens is 335 g/mol. The predicted octanol–water partition coefficient (Wildman–Crippen LogP) is 3.43. The van der Waals surface area contributed by atoms with E-state index in [1.165, 1.54) is 37.3 Å². The van der Waals surface area contributed by atoms with Gasteiger partial charge in [-0.05, 0) is 18.2 Å². The Bertz CT molecular complexity index is 817. The smallest absolute Gasteiger partial charge is 0.326 e. The minimum atomic E-state index is -4.52. The van der Waals surface area contributed by atoms with Gasteiger partial charge in [-0.1, -0.05) is 30.3 Å². The van der Waals surface area contributed by atoms with Crippen LogP contribution in [0.3, 0.4) is 0 Å². The maximum Gasteiger partial charge on any atom is 0.417 e. The van der Waals surface area contributed by atoms with Gasteiger partial charge in [-0.3, -0.25) is 9.59 Å². The van der Waals surface area contributed by atoms with Crippen molar-refractivity contribution >= 4 is 23.7 Å². The van der Waals surface area contributed by atoms with Crippen LogP contribution in [0.4, 0.5) is 18.9 Å². The first-order valence-electron chi connectivity index (χ1n) is 7.15. The fourth-order valence-corrected chi connectivity index (χ4v) is 2.07. The van der Waals surface area contributed by atoms with Crippen LogP contribution in [-0.4, -0.2) is 18.0 Å². The lowest BCUT2D eigenvalue weighted by molar-refractivity contribution is -0.137. The summed E-state index contributed by atoms with van der Waals surface area (Å²) in [6, 6.07) is 11.1. The first-order valence-corrected chi connectivity index (χ1v) is 7.15. The molecular formula is C17H14F3N3O2. The number of carbonyl (C=O) groups is 2. The lowest BCUT2D eigenvalue weighted by atomic mass is 10.1. The minimum Gasteiger partial charge on any atom is -0.326 e. The Morgan fingerprint density at radius 3 is 2.36 bits per heavy atom. The molecule has 0 unspecified atom stereocenters. The van der Waals surface area contributed by atoms with E-state index < -0.39 is 17.6 Å². The second-order valence-electron chi connectivity index (χ2n) is 5.01. The van der Waals surface area contributed by atoms with Crippen LogP contribution in [0.5, 0.6) is 0 Å². The molecule has 130 valence electrons. The zero-order valence-electron chi connectivity index (χ0n) is 13.1. The molecule has 0 bridgehead atoms. The largest absolute Gasteiger partial charge is 0.417 e. The average molecular weight is 349 g/mol. The summed E-state index contributed by atoms with van der Waals surface area (Å²) in [4.78, 5) is 23.3. The van der Waals surface area contributed by atoms with Gasteiger partial charge in [0.1, 0.15) is 0 Å². The van der Waals surface area contributed by atoms with Crippen LogP contribution >= 0.6 is 0 Å². The molecule has 0 spiro atoms. The molecule has 0 saturated heterocycles. The molecule has 0 aliphatic heterocycles. The molecule has 25 heavy (non-hydrogen) atoms. The van der Waals surface area contributed by atoms with Crippen molar-refractivity contribution in [2.24, 2.45) is 5.10 Å². The number of rotatable bonds is 4. The van der Waals surface area contributed by atoms with Crippen molar-refractivity contribution in [1.29, 1.82) is 0 Å². The molecule has 0 heterocycles. The zero-order valence-corrected chi connectivity index (χ0v) is 13.1. The second-order valence-corrected chi connectivity index (χ2v) is 5.01. The first kappa shape index (κ1) is 18.2. The Labute approximate surface area is 141 Å². The van der Waals surface area contributed by atoms with Crippen molar-refractivity contribution in [1.82, 2.24) is 5.43 Å². The number of benzene rings is 2. The molecule has 2 aromatic carbocycles. The second kappa shape index (κ2) is 7.61. The highest BCUT2D eigenvalue weighted by molar-refractivity contribution is 6.03. The maximum absolute atomic E-state index is 12.9. The normalized spacial score (nSPS) is 11.4. The van der Waals surface area contributed by atoms with Crippen molar-refractivity contribution < 1.29 is 22.8 Å². The number of amides is 2. The van der Waals surface area contributed by atoms with Crippen LogP contribution in [0.15, 0.2) is 53.6 Å². The quantitative estimate of drug-likeness (QED) is 0.656. The van der Waals surface area contributed by atoms with Crippen molar-refractivity contribution in [3.63, 3.8) is 0 Å². The summed E-state index contributed by atoms with van der Waals surface area (Å²) >= 11 is 0.